The largest absolute Gasteiger partial charge is 0.495 e. The number of anilines is 1. The van der Waals surface area contributed by atoms with Gasteiger partial charge in [0.1, 0.15) is 17.2 Å². The zero-order chi connectivity index (χ0) is 21.2. The Morgan fingerprint density at radius 3 is 2.34 bits per heavy atom. The summed E-state index contributed by atoms with van der Waals surface area (Å²) in [7, 11) is 1.48. The van der Waals surface area contributed by atoms with Gasteiger partial charge in [0.15, 0.2) is 6.10 Å². The molecule has 0 aliphatic rings. The van der Waals surface area contributed by atoms with Gasteiger partial charge in [-0.3, -0.25) is 9.59 Å². The lowest BCUT2D eigenvalue weighted by molar-refractivity contribution is -0.153. The normalized spacial score (nSPS) is 11.3. The van der Waals surface area contributed by atoms with Gasteiger partial charge in [-0.2, -0.15) is 0 Å². The van der Waals surface area contributed by atoms with Crippen LogP contribution in [0.2, 0.25) is 5.02 Å². The maximum Gasteiger partial charge on any atom is 0.310 e. The molecule has 0 spiro atoms. The lowest BCUT2D eigenvalue weighted by Gasteiger charge is -2.15. The molecule has 8 heteroatoms. The van der Waals surface area contributed by atoms with E-state index >= 15 is 0 Å². The molecule has 0 saturated heterocycles. The van der Waals surface area contributed by atoms with Crippen LogP contribution in [-0.2, 0) is 14.3 Å². The summed E-state index contributed by atoms with van der Waals surface area (Å²) in [5.41, 5.74) is 0.395. The van der Waals surface area contributed by atoms with E-state index in [9.17, 15) is 9.59 Å². The molecule has 0 aliphatic carbocycles. The molecule has 1 unspecified atom stereocenters. The third kappa shape index (κ3) is 7.19. The van der Waals surface area contributed by atoms with Crippen LogP contribution in [0.5, 0.6) is 17.2 Å². The molecule has 0 bridgehead atoms. The van der Waals surface area contributed by atoms with Gasteiger partial charge in [0.2, 0.25) is 0 Å². The number of methoxy groups -OCH3 is 1. The topological polar surface area (TPSA) is 83.1 Å². The Morgan fingerprint density at radius 2 is 1.72 bits per heavy atom. The third-order valence-corrected chi connectivity index (χ3v) is 4.04. The van der Waals surface area contributed by atoms with Gasteiger partial charge >= 0.3 is 5.97 Å². The fourth-order valence-electron chi connectivity index (χ4n) is 2.37. The number of carbonyl (C=O) groups excluding carboxylic acids is 2. The van der Waals surface area contributed by atoms with Crippen molar-refractivity contribution in [3.8, 4) is 17.2 Å². The monoisotopic (exact) mass is 421 g/mol. The predicted octanol–water partition coefficient (Wildman–Crippen LogP) is 4.09. The van der Waals surface area contributed by atoms with E-state index in [0.717, 1.165) is 5.75 Å². The van der Waals surface area contributed by atoms with Crippen LogP contribution in [0.3, 0.4) is 0 Å². The number of halogens is 1. The molecule has 2 aromatic rings. The number of esters is 1. The summed E-state index contributed by atoms with van der Waals surface area (Å²) in [4.78, 5) is 24.2. The third-order valence-electron chi connectivity index (χ3n) is 3.81. The van der Waals surface area contributed by atoms with E-state index in [1.807, 2.05) is 6.92 Å². The Hall–Kier alpha value is -2.93. The summed E-state index contributed by atoms with van der Waals surface area (Å²) in [6.07, 6.45) is -0.984. The second kappa shape index (κ2) is 11.2. The van der Waals surface area contributed by atoms with Crippen LogP contribution in [0, 0.1) is 0 Å². The van der Waals surface area contributed by atoms with Crippen LogP contribution in [0.25, 0.3) is 0 Å². The highest BCUT2D eigenvalue weighted by Crippen LogP contribution is 2.27. The average molecular weight is 422 g/mol. The van der Waals surface area contributed by atoms with Crippen LogP contribution >= 0.6 is 11.6 Å². The average Bonchev–Trinajstić information content (AvgIpc) is 2.69. The Balaban J connectivity index is 1.78. The minimum atomic E-state index is -0.989. The number of ether oxygens (including phenoxy) is 4. The van der Waals surface area contributed by atoms with E-state index < -0.39 is 18.0 Å². The molecule has 156 valence electrons. The van der Waals surface area contributed by atoms with Crippen molar-refractivity contribution in [3.05, 3.63) is 47.5 Å². The first kappa shape index (κ1) is 22.4. The van der Waals surface area contributed by atoms with Gasteiger partial charge in [0, 0.05) is 5.02 Å². The molecular weight excluding hydrogens is 398 g/mol. The standard InChI is InChI=1S/C21H24ClNO6/c1-4-27-16-6-8-17(9-7-16)28-12-11-20(24)29-14(2)21(25)23-18-13-15(22)5-10-19(18)26-3/h5-10,13-14H,4,11-12H2,1-3H3,(H,23,25). The number of carbonyl (C=O) groups is 2. The summed E-state index contributed by atoms with van der Waals surface area (Å²) in [5, 5.41) is 3.08. The van der Waals surface area contributed by atoms with Crippen molar-refractivity contribution >= 4 is 29.2 Å². The molecule has 0 saturated carbocycles. The van der Waals surface area contributed by atoms with Gasteiger partial charge in [0.05, 0.1) is 32.4 Å². The van der Waals surface area contributed by atoms with Crippen molar-refractivity contribution in [2.24, 2.45) is 0 Å². The van der Waals surface area contributed by atoms with Gasteiger partial charge in [-0.05, 0) is 56.3 Å². The molecule has 1 amide bonds. The van der Waals surface area contributed by atoms with Crippen LogP contribution in [-0.4, -0.2) is 38.3 Å². The number of rotatable bonds is 10. The molecule has 29 heavy (non-hydrogen) atoms. The van der Waals surface area contributed by atoms with Crippen LogP contribution < -0.4 is 19.5 Å². The fraction of sp³-hybridized carbons (Fsp3) is 0.333. The summed E-state index contributed by atoms with van der Waals surface area (Å²) < 4.78 is 21.2. The smallest absolute Gasteiger partial charge is 0.310 e. The fourth-order valence-corrected chi connectivity index (χ4v) is 2.54. The summed E-state index contributed by atoms with van der Waals surface area (Å²) >= 11 is 5.94. The highest BCUT2D eigenvalue weighted by molar-refractivity contribution is 6.31. The zero-order valence-electron chi connectivity index (χ0n) is 16.6. The van der Waals surface area contributed by atoms with Crippen molar-refractivity contribution in [2.75, 3.05) is 25.6 Å². The molecule has 2 aromatic carbocycles. The molecule has 0 aliphatic heterocycles. The summed E-state index contributed by atoms with van der Waals surface area (Å²) in [6, 6.07) is 11.9. The van der Waals surface area contributed by atoms with E-state index in [0.29, 0.717) is 28.8 Å². The highest BCUT2D eigenvalue weighted by atomic mass is 35.5. The summed E-state index contributed by atoms with van der Waals surface area (Å²) in [6.45, 7) is 4.10. The first-order valence-corrected chi connectivity index (χ1v) is 9.50. The molecular formula is C21H24ClNO6. The van der Waals surface area contributed by atoms with Crippen molar-refractivity contribution in [1.82, 2.24) is 0 Å². The number of benzene rings is 2. The molecule has 7 nitrogen and oxygen atoms in total. The second-order valence-electron chi connectivity index (χ2n) is 5.97. The minimum Gasteiger partial charge on any atom is -0.495 e. The lowest BCUT2D eigenvalue weighted by Crippen LogP contribution is -2.30. The maximum atomic E-state index is 12.3. The van der Waals surface area contributed by atoms with Crippen molar-refractivity contribution < 1.29 is 28.5 Å². The van der Waals surface area contributed by atoms with Crippen molar-refractivity contribution in [3.63, 3.8) is 0 Å². The Kier molecular flexibility index (Phi) is 8.61. The molecule has 0 radical (unpaired) electrons. The number of hydrogen-bond acceptors (Lipinski definition) is 6. The lowest BCUT2D eigenvalue weighted by atomic mass is 10.2. The van der Waals surface area contributed by atoms with Gasteiger partial charge < -0.3 is 24.3 Å². The van der Waals surface area contributed by atoms with E-state index in [1.54, 1.807) is 42.5 Å². The number of amides is 1. The zero-order valence-corrected chi connectivity index (χ0v) is 17.3. The first-order chi connectivity index (χ1) is 13.9. The van der Waals surface area contributed by atoms with Gasteiger partial charge in [0.25, 0.3) is 5.91 Å². The molecule has 1 N–H and O–H groups in total. The Morgan fingerprint density at radius 1 is 1.07 bits per heavy atom. The van der Waals surface area contributed by atoms with Gasteiger partial charge in [-0.1, -0.05) is 11.6 Å². The van der Waals surface area contributed by atoms with Gasteiger partial charge in [-0.25, -0.2) is 0 Å². The summed E-state index contributed by atoms with van der Waals surface area (Å²) in [5.74, 6) is 0.767. The molecule has 2 rings (SSSR count). The maximum absolute atomic E-state index is 12.3. The van der Waals surface area contributed by atoms with E-state index in [-0.39, 0.29) is 13.0 Å². The minimum absolute atomic E-state index is 0.00528. The predicted molar refractivity (Wildman–Crippen MR) is 110 cm³/mol. The number of hydrogen-bond donors (Lipinski definition) is 1. The molecule has 0 heterocycles. The molecule has 0 fully saturated rings. The molecule has 0 aromatic heterocycles. The SMILES string of the molecule is CCOc1ccc(OCCC(=O)OC(C)C(=O)Nc2cc(Cl)ccc2OC)cc1. The number of nitrogens with one attached hydrogen (secondary N) is 1. The molecule has 1 atom stereocenters. The first-order valence-electron chi connectivity index (χ1n) is 9.12. The van der Waals surface area contributed by atoms with Crippen molar-refractivity contribution in [1.29, 1.82) is 0 Å². The van der Waals surface area contributed by atoms with Crippen molar-refractivity contribution in [2.45, 2.75) is 26.4 Å². The van der Waals surface area contributed by atoms with E-state index in [1.165, 1.54) is 14.0 Å². The van der Waals surface area contributed by atoms with E-state index in [2.05, 4.69) is 5.32 Å². The Bertz CT molecular complexity index is 824. The van der Waals surface area contributed by atoms with E-state index in [4.69, 9.17) is 30.5 Å². The quantitative estimate of drug-likeness (QED) is 0.582. The van der Waals surface area contributed by atoms with Crippen LogP contribution in [0.15, 0.2) is 42.5 Å². The Labute approximate surface area is 174 Å². The van der Waals surface area contributed by atoms with Crippen LogP contribution in [0.4, 0.5) is 5.69 Å². The second-order valence-corrected chi connectivity index (χ2v) is 6.41. The highest BCUT2D eigenvalue weighted by Gasteiger charge is 2.19. The van der Waals surface area contributed by atoms with Crippen LogP contribution in [0.1, 0.15) is 20.3 Å². The van der Waals surface area contributed by atoms with Gasteiger partial charge in [-0.15, -0.1) is 0 Å².